The average molecular weight is 537 g/mol. The monoisotopic (exact) mass is 537 g/mol. The molecule has 1 aromatic carbocycles. The first-order chi connectivity index (χ1) is 14.7. The van der Waals surface area contributed by atoms with Crippen molar-refractivity contribution in [3.63, 3.8) is 0 Å². The Morgan fingerprint density at radius 3 is 1.03 bits per heavy atom. The van der Waals surface area contributed by atoms with Gasteiger partial charge in [-0.1, -0.05) is 38.1 Å². The Hall–Kier alpha value is -1.97. The second-order valence-corrected chi connectivity index (χ2v) is 7.10. The topological polar surface area (TPSA) is 0 Å². The highest BCUT2D eigenvalue weighted by atomic mass is 19.4. The van der Waals surface area contributed by atoms with Gasteiger partial charge >= 0.3 is 47.6 Å². The molecule has 0 bridgehead atoms. The maximum Gasteiger partial charge on any atom is 0.460 e. The van der Waals surface area contributed by atoms with E-state index in [1.165, 1.54) is 13.8 Å². The van der Waals surface area contributed by atoms with Crippen LogP contribution in [-0.2, 0) is 5.92 Å². The standard InChI is InChI=1S/C17H10F17/c1-7(2)8-3-5-9(6-4-8)10(18,19)11(20,21)12(22,23)13(24,25)14(26,27)15(28,29)16(30,31)17(32,33)34/h3-6H,1-2H3. The Labute approximate surface area is 178 Å². The zero-order chi connectivity index (χ0) is 27.6. The SMILES string of the molecule is C[C](C)c1ccc(C(F)(F)C(F)(F)C(F)(F)C(F)(F)C(F)(F)C(F)(F)C(F)(F)C(F)(F)F)cc1. The molecule has 0 nitrogen and oxygen atoms in total. The molecule has 0 amide bonds. The van der Waals surface area contributed by atoms with Gasteiger partial charge in [-0.2, -0.15) is 74.6 Å². The summed E-state index contributed by atoms with van der Waals surface area (Å²) in [6.45, 7) is 2.69. The van der Waals surface area contributed by atoms with Gasteiger partial charge in [0.05, 0.1) is 0 Å². The van der Waals surface area contributed by atoms with Crippen molar-refractivity contribution in [3.05, 3.63) is 41.3 Å². The van der Waals surface area contributed by atoms with E-state index in [9.17, 15) is 74.6 Å². The van der Waals surface area contributed by atoms with Gasteiger partial charge in [0.2, 0.25) is 0 Å². The average Bonchev–Trinajstić information content (AvgIpc) is 2.66. The molecular weight excluding hydrogens is 527 g/mol. The molecule has 1 rings (SSSR count). The van der Waals surface area contributed by atoms with E-state index in [0.29, 0.717) is 18.1 Å². The minimum atomic E-state index is -8.62. The number of rotatable bonds is 8. The molecule has 0 fully saturated rings. The normalized spacial score (nSPS) is 15.8. The van der Waals surface area contributed by atoms with Crippen molar-refractivity contribution in [2.24, 2.45) is 0 Å². The largest absolute Gasteiger partial charge is 0.460 e. The third-order valence-corrected chi connectivity index (χ3v) is 4.55. The van der Waals surface area contributed by atoms with E-state index in [1.54, 1.807) is 0 Å². The first kappa shape index (κ1) is 30.1. The van der Waals surface area contributed by atoms with Gasteiger partial charge < -0.3 is 0 Å². The van der Waals surface area contributed by atoms with Crippen molar-refractivity contribution >= 4 is 0 Å². The number of halogens is 17. The predicted molar refractivity (Wildman–Crippen MR) is 79.8 cm³/mol. The zero-order valence-electron chi connectivity index (χ0n) is 16.2. The summed E-state index contributed by atoms with van der Waals surface area (Å²) in [5.74, 6) is -56.1. The third kappa shape index (κ3) is 3.85. The Kier molecular flexibility index (Phi) is 7.10. The molecule has 0 spiro atoms. The zero-order valence-corrected chi connectivity index (χ0v) is 16.2. The molecule has 17 heteroatoms. The Bertz CT molecular complexity index is 861. The molecule has 0 atom stereocenters. The number of alkyl halides is 17. The molecule has 0 aliphatic heterocycles. The maximum absolute atomic E-state index is 14.1. The molecule has 0 aliphatic carbocycles. The maximum atomic E-state index is 14.1. The van der Waals surface area contributed by atoms with Crippen LogP contribution in [0.25, 0.3) is 0 Å². The van der Waals surface area contributed by atoms with Crippen molar-refractivity contribution in [1.82, 2.24) is 0 Å². The summed E-state index contributed by atoms with van der Waals surface area (Å²) in [7, 11) is 0. The van der Waals surface area contributed by atoms with Gasteiger partial charge in [0.25, 0.3) is 0 Å². The molecule has 0 aliphatic rings. The quantitative estimate of drug-likeness (QED) is 0.294. The molecule has 0 saturated heterocycles. The Morgan fingerprint density at radius 2 is 0.735 bits per heavy atom. The fourth-order valence-electron chi connectivity index (χ4n) is 2.36. The lowest BCUT2D eigenvalue weighted by Crippen LogP contribution is -2.74. The van der Waals surface area contributed by atoms with E-state index in [4.69, 9.17) is 0 Å². The second-order valence-electron chi connectivity index (χ2n) is 7.10. The van der Waals surface area contributed by atoms with E-state index in [-0.39, 0.29) is 17.7 Å². The molecule has 0 aromatic heterocycles. The second kappa shape index (κ2) is 8.03. The van der Waals surface area contributed by atoms with Crippen LogP contribution >= 0.6 is 0 Å². The lowest BCUT2D eigenvalue weighted by atomic mass is 9.87. The first-order valence-electron chi connectivity index (χ1n) is 8.28. The van der Waals surface area contributed by atoms with Crippen LogP contribution in [-0.4, -0.2) is 41.7 Å². The van der Waals surface area contributed by atoms with Crippen LogP contribution < -0.4 is 0 Å². The summed E-state index contributed by atoms with van der Waals surface area (Å²) in [5.41, 5.74) is -2.21. The highest BCUT2D eigenvalue weighted by molar-refractivity contribution is 5.34. The molecule has 197 valence electrons. The van der Waals surface area contributed by atoms with E-state index in [1.807, 2.05) is 0 Å². The van der Waals surface area contributed by atoms with Gasteiger partial charge in [-0.3, -0.25) is 0 Å². The van der Waals surface area contributed by atoms with Crippen molar-refractivity contribution in [1.29, 1.82) is 0 Å². The van der Waals surface area contributed by atoms with Crippen molar-refractivity contribution < 1.29 is 74.6 Å². The summed E-state index contributed by atoms with van der Waals surface area (Å²) < 4.78 is 225. The van der Waals surface area contributed by atoms with Crippen LogP contribution in [0.3, 0.4) is 0 Å². The number of benzene rings is 1. The van der Waals surface area contributed by atoms with Gasteiger partial charge in [-0.05, 0) is 11.5 Å². The molecule has 1 aromatic rings. The number of hydrogen-bond donors (Lipinski definition) is 0. The summed E-state index contributed by atoms with van der Waals surface area (Å²) >= 11 is 0. The summed E-state index contributed by atoms with van der Waals surface area (Å²) in [6.07, 6.45) is -7.77. The molecule has 0 saturated carbocycles. The van der Waals surface area contributed by atoms with Crippen LogP contribution in [0.4, 0.5) is 74.6 Å². The molecule has 0 N–H and O–H groups in total. The fraction of sp³-hybridized carbons (Fsp3) is 0.588. The molecular formula is C17H10F17. The van der Waals surface area contributed by atoms with Crippen LogP contribution in [0.2, 0.25) is 0 Å². The van der Waals surface area contributed by atoms with Crippen molar-refractivity contribution in [3.8, 4) is 0 Å². The van der Waals surface area contributed by atoms with E-state index in [0.717, 1.165) is 0 Å². The number of hydrogen-bond acceptors (Lipinski definition) is 0. The van der Waals surface area contributed by atoms with Crippen LogP contribution in [0.5, 0.6) is 0 Å². The van der Waals surface area contributed by atoms with E-state index < -0.39 is 53.2 Å². The highest BCUT2D eigenvalue weighted by Gasteiger charge is 2.95. The fourth-order valence-corrected chi connectivity index (χ4v) is 2.36. The minimum Gasteiger partial charge on any atom is -0.194 e. The Morgan fingerprint density at radius 1 is 0.441 bits per heavy atom. The van der Waals surface area contributed by atoms with Gasteiger partial charge in [0.15, 0.2) is 0 Å². The van der Waals surface area contributed by atoms with Crippen molar-refractivity contribution in [2.75, 3.05) is 0 Å². The molecule has 34 heavy (non-hydrogen) atoms. The minimum absolute atomic E-state index is 0.0144. The predicted octanol–water partition coefficient (Wildman–Crippen LogP) is 8.11. The van der Waals surface area contributed by atoms with Gasteiger partial charge in [-0.15, -0.1) is 0 Å². The van der Waals surface area contributed by atoms with Gasteiger partial charge in [0, 0.05) is 5.56 Å². The Balaban J connectivity index is 3.68. The third-order valence-electron chi connectivity index (χ3n) is 4.55. The van der Waals surface area contributed by atoms with Gasteiger partial charge in [-0.25, -0.2) is 0 Å². The van der Waals surface area contributed by atoms with Gasteiger partial charge in [0.1, 0.15) is 0 Å². The van der Waals surface area contributed by atoms with Crippen LogP contribution in [0, 0.1) is 5.92 Å². The molecule has 1 radical (unpaired) electrons. The summed E-state index contributed by atoms with van der Waals surface area (Å²) in [5, 5.41) is 0. The smallest absolute Gasteiger partial charge is 0.194 e. The van der Waals surface area contributed by atoms with Crippen LogP contribution in [0.15, 0.2) is 24.3 Å². The molecule has 0 heterocycles. The lowest BCUT2D eigenvalue weighted by molar-refractivity contribution is -0.462. The van der Waals surface area contributed by atoms with Crippen LogP contribution in [0.1, 0.15) is 25.0 Å². The first-order valence-corrected chi connectivity index (χ1v) is 8.28. The van der Waals surface area contributed by atoms with Crippen molar-refractivity contribution in [2.45, 2.75) is 61.5 Å². The summed E-state index contributed by atoms with van der Waals surface area (Å²) in [6, 6.07) is 1.04. The summed E-state index contributed by atoms with van der Waals surface area (Å²) in [4.78, 5) is 0. The lowest BCUT2D eigenvalue weighted by Gasteiger charge is -2.42. The van der Waals surface area contributed by atoms with E-state index >= 15 is 0 Å². The highest BCUT2D eigenvalue weighted by Crippen LogP contribution is 2.65. The molecule has 0 unspecified atom stereocenters. The van der Waals surface area contributed by atoms with E-state index in [2.05, 4.69) is 0 Å².